The molecule has 0 saturated carbocycles. The summed E-state index contributed by atoms with van der Waals surface area (Å²) in [5.74, 6) is 0. The second kappa shape index (κ2) is 7.32. The van der Waals surface area contributed by atoms with Crippen molar-refractivity contribution >= 4 is 11.6 Å². The normalized spacial score (nSPS) is 12.3. The Morgan fingerprint density at radius 3 is 1.89 bits per heavy atom. The molecule has 2 aromatic rings. The molecule has 1 nitrogen and oxygen atoms in total. The van der Waals surface area contributed by atoms with E-state index in [1.165, 1.54) is 11.1 Å². The minimum absolute atomic E-state index is 0.240. The van der Waals surface area contributed by atoms with Crippen molar-refractivity contribution in [1.82, 2.24) is 0 Å². The maximum atomic E-state index is 10.0. The van der Waals surface area contributed by atoms with Crippen LogP contribution in [0, 0.1) is 0 Å². The zero-order valence-electron chi connectivity index (χ0n) is 10.9. The minimum Gasteiger partial charge on any atom is -0.393 e. The first-order valence-corrected chi connectivity index (χ1v) is 7.08. The monoisotopic (exact) mass is 274 g/mol. The van der Waals surface area contributed by atoms with Crippen molar-refractivity contribution in [2.75, 3.05) is 0 Å². The van der Waals surface area contributed by atoms with E-state index in [0.29, 0.717) is 0 Å². The summed E-state index contributed by atoms with van der Waals surface area (Å²) >= 11 is 5.84. The summed E-state index contributed by atoms with van der Waals surface area (Å²) in [5.41, 5.74) is 2.51. The van der Waals surface area contributed by atoms with Crippen molar-refractivity contribution in [1.29, 1.82) is 0 Å². The van der Waals surface area contributed by atoms with Crippen LogP contribution in [-0.4, -0.2) is 11.2 Å². The van der Waals surface area contributed by atoms with Crippen molar-refractivity contribution < 1.29 is 5.11 Å². The summed E-state index contributed by atoms with van der Waals surface area (Å²) in [5, 5.41) is 10.8. The van der Waals surface area contributed by atoms with Gasteiger partial charge in [-0.05, 0) is 48.9 Å². The van der Waals surface area contributed by atoms with Crippen LogP contribution in [0.5, 0.6) is 0 Å². The summed E-state index contributed by atoms with van der Waals surface area (Å²) in [6.45, 7) is 0. The lowest BCUT2D eigenvalue weighted by Gasteiger charge is -2.10. The van der Waals surface area contributed by atoms with Crippen LogP contribution in [0.4, 0.5) is 0 Å². The molecule has 1 atom stereocenters. The van der Waals surface area contributed by atoms with Crippen LogP contribution in [-0.2, 0) is 12.8 Å². The van der Waals surface area contributed by atoms with Crippen LogP contribution < -0.4 is 0 Å². The summed E-state index contributed by atoms with van der Waals surface area (Å²) < 4.78 is 0. The van der Waals surface area contributed by atoms with Gasteiger partial charge in [-0.25, -0.2) is 0 Å². The van der Waals surface area contributed by atoms with Gasteiger partial charge in [0.1, 0.15) is 0 Å². The van der Waals surface area contributed by atoms with E-state index >= 15 is 0 Å². The number of hydrogen-bond donors (Lipinski definition) is 1. The molecule has 100 valence electrons. The Morgan fingerprint density at radius 1 is 0.789 bits per heavy atom. The lowest BCUT2D eigenvalue weighted by atomic mass is 10.0. The fraction of sp³-hybridized carbons (Fsp3) is 0.294. The van der Waals surface area contributed by atoms with E-state index in [-0.39, 0.29) is 6.10 Å². The molecular weight excluding hydrogens is 256 g/mol. The average molecular weight is 275 g/mol. The molecular formula is C17H19ClO. The van der Waals surface area contributed by atoms with Crippen molar-refractivity contribution in [3.05, 3.63) is 70.7 Å². The van der Waals surface area contributed by atoms with Crippen molar-refractivity contribution in [3.8, 4) is 0 Å². The van der Waals surface area contributed by atoms with Gasteiger partial charge in [-0.15, -0.1) is 0 Å². The molecule has 0 fully saturated rings. The second-order valence-electron chi connectivity index (χ2n) is 4.84. The van der Waals surface area contributed by atoms with Crippen molar-refractivity contribution in [2.24, 2.45) is 0 Å². The van der Waals surface area contributed by atoms with Crippen molar-refractivity contribution in [2.45, 2.75) is 31.8 Å². The van der Waals surface area contributed by atoms with Gasteiger partial charge in [-0.2, -0.15) is 0 Å². The third kappa shape index (κ3) is 5.06. The number of aryl methyl sites for hydroxylation is 2. The van der Waals surface area contributed by atoms with Gasteiger partial charge < -0.3 is 5.11 Å². The van der Waals surface area contributed by atoms with Gasteiger partial charge in [-0.1, -0.05) is 54.1 Å². The maximum Gasteiger partial charge on any atom is 0.0546 e. The average Bonchev–Trinajstić information content (AvgIpc) is 2.45. The highest BCUT2D eigenvalue weighted by molar-refractivity contribution is 6.30. The van der Waals surface area contributed by atoms with Gasteiger partial charge in [0.25, 0.3) is 0 Å². The molecule has 19 heavy (non-hydrogen) atoms. The van der Waals surface area contributed by atoms with Crippen LogP contribution in [0.3, 0.4) is 0 Å². The maximum absolute atomic E-state index is 10.0. The van der Waals surface area contributed by atoms with E-state index in [0.717, 1.165) is 30.7 Å². The first-order valence-electron chi connectivity index (χ1n) is 6.70. The molecule has 0 amide bonds. The summed E-state index contributed by atoms with van der Waals surface area (Å²) in [7, 11) is 0. The van der Waals surface area contributed by atoms with Crippen LogP contribution in [0.25, 0.3) is 0 Å². The molecule has 0 bridgehead atoms. The van der Waals surface area contributed by atoms with Crippen LogP contribution in [0.2, 0.25) is 5.02 Å². The van der Waals surface area contributed by atoms with E-state index < -0.39 is 0 Å². The van der Waals surface area contributed by atoms with Crippen LogP contribution >= 0.6 is 11.6 Å². The number of rotatable bonds is 6. The highest BCUT2D eigenvalue weighted by atomic mass is 35.5. The Kier molecular flexibility index (Phi) is 5.44. The SMILES string of the molecule is OC(CCc1ccccc1)CCc1ccc(Cl)cc1. The zero-order valence-corrected chi connectivity index (χ0v) is 11.7. The highest BCUT2D eigenvalue weighted by Gasteiger charge is 2.05. The number of benzene rings is 2. The molecule has 2 aromatic carbocycles. The molecule has 2 heteroatoms. The smallest absolute Gasteiger partial charge is 0.0546 e. The van der Waals surface area contributed by atoms with Gasteiger partial charge >= 0.3 is 0 Å². The standard InChI is InChI=1S/C17H19ClO/c18-16-10-6-15(7-11-16)9-13-17(19)12-8-14-4-2-1-3-5-14/h1-7,10-11,17,19H,8-9,12-13H2. The molecule has 1 N–H and O–H groups in total. The van der Waals surface area contributed by atoms with E-state index in [4.69, 9.17) is 11.6 Å². The molecule has 2 rings (SSSR count). The predicted octanol–water partition coefficient (Wildman–Crippen LogP) is 4.27. The number of aliphatic hydroxyl groups excluding tert-OH is 1. The van der Waals surface area contributed by atoms with Gasteiger partial charge in [0.15, 0.2) is 0 Å². The molecule has 0 heterocycles. The lowest BCUT2D eigenvalue weighted by molar-refractivity contribution is 0.155. The summed E-state index contributed by atoms with van der Waals surface area (Å²) in [4.78, 5) is 0. The molecule has 0 aliphatic heterocycles. The first kappa shape index (κ1) is 14.1. The van der Waals surface area contributed by atoms with E-state index in [1.54, 1.807) is 0 Å². The topological polar surface area (TPSA) is 20.2 Å². The number of aliphatic hydroxyl groups is 1. The molecule has 0 aromatic heterocycles. The zero-order chi connectivity index (χ0) is 13.5. The van der Waals surface area contributed by atoms with Gasteiger partial charge in [0, 0.05) is 5.02 Å². The van der Waals surface area contributed by atoms with Crippen LogP contribution in [0.1, 0.15) is 24.0 Å². The van der Waals surface area contributed by atoms with Gasteiger partial charge in [0.2, 0.25) is 0 Å². The molecule has 0 radical (unpaired) electrons. The Hall–Kier alpha value is -1.31. The Labute approximate surface area is 119 Å². The van der Waals surface area contributed by atoms with E-state index in [1.807, 2.05) is 42.5 Å². The minimum atomic E-state index is -0.240. The van der Waals surface area contributed by atoms with Gasteiger partial charge in [-0.3, -0.25) is 0 Å². The second-order valence-corrected chi connectivity index (χ2v) is 5.28. The summed E-state index contributed by atoms with van der Waals surface area (Å²) in [6.07, 6.45) is 3.21. The molecule has 0 aliphatic rings. The van der Waals surface area contributed by atoms with Crippen molar-refractivity contribution in [3.63, 3.8) is 0 Å². The molecule has 0 aliphatic carbocycles. The molecule has 0 saturated heterocycles. The third-order valence-corrected chi connectivity index (χ3v) is 3.54. The van der Waals surface area contributed by atoms with Gasteiger partial charge in [0.05, 0.1) is 6.10 Å². The molecule has 0 spiro atoms. The Bertz CT molecular complexity index is 478. The lowest BCUT2D eigenvalue weighted by Crippen LogP contribution is -2.09. The number of hydrogen-bond acceptors (Lipinski definition) is 1. The fourth-order valence-corrected chi connectivity index (χ4v) is 2.23. The largest absolute Gasteiger partial charge is 0.393 e. The third-order valence-electron chi connectivity index (χ3n) is 3.29. The summed E-state index contributed by atoms with van der Waals surface area (Å²) in [6, 6.07) is 18.1. The Morgan fingerprint density at radius 2 is 1.32 bits per heavy atom. The number of halogens is 1. The predicted molar refractivity (Wildman–Crippen MR) is 80.5 cm³/mol. The quantitative estimate of drug-likeness (QED) is 0.834. The van der Waals surface area contributed by atoms with E-state index in [9.17, 15) is 5.11 Å². The Balaban J connectivity index is 1.72. The fourth-order valence-electron chi connectivity index (χ4n) is 2.11. The van der Waals surface area contributed by atoms with E-state index in [2.05, 4.69) is 12.1 Å². The molecule has 1 unspecified atom stereocenters. The van der Waals surface area contributed by atoms with Crippen LogP contribution in [0.15, 0.2) is 54.6 Å². The highest BCUT2D eigenvalue weighted by Crippen LogP contribution is 2.13. The first-order chi connectivity index (χ1) is 9.24.